The van der Waals surface area contributed by atoms with Crippen LogP contribution in [0.25, 0.3) is 6.08 Å². The van der Waals surface area contributed by atoms with E-state index < -0.39 is 4.92 Å². The fourth-order valence-corrected chi connectivity index (χ4v) is 1.73. The first-order valence-corrected chi connectivity index (χ1v) is 6.29. The largest absolute Gasteiger partial charge is 0.494 e. The Labute approximate surface area is 122 Å². The molecule has 0 heterocycles. The maximum Gasteiger partial charge on any atom is 0.273 e. The molecule has 0 atom stereocenters. The monoisotopic (exact) mass is 282 g/mol. The summed E-state index contributed by atoms with van der Waals surface area (Å²) in [7, 11) is 1.46. The first-order chi connectivity index (χ1) is 10.2. The summed E-state index contributed by atoms with van der Waals surface area (Å²) in [5.74, 6) is 0.369. The summed E-state index contributed by atoms with van der Waals surface area (Å²) in [6.07, 6.45) is 5.34. The van der Waals surface area contributed by atoms with Crippen molar-refractivity contribution in [1.82, 2.24) is 0 Å². The fraction of sp³-hybridized carbons (Fsp3) is 0.0625. The summed E-state index contributed by atoms with van der Waals surface area (Å²) < 4.78 is 5.11. The van der Waals surface area contributed by atoms with Gasteiger partial charge in [-0.15, -0.1) is 0 Å². The van der Waals surface area contributed by atoms with Gasteiger partial charge in [0.25, 0.3) is 5.69 Å². The van der Waals surface area contributed by atoms with Gasteiger partial charge in [-0.1, -0.05) is 36.4 Å². The number of nitro groups is 1. The SMILES string of the molecule is COc1cc([N+](=O)[O-])ccc1N=CC=Cc1ccccc1. The predicted octanol–water partition coefficient (Wildman–Crippen LogP) is 4.02. The summed E-state index contributed by atoms with van der Waals surface area (Å²) in [5, 5.41) is 10.7. The minimum atomic E-state index is -0.467. The lowest BCUT2D eigenvalue weighted by molar-refractivity contribution is -0.384. The lowest BCUT2D eigenvalue weighted by atomic mass is 10.2. The second-order valence-electron chi connectivity index (χ2n) is 4.16. The van der Waals surface area contributed by atoms with Crippen LogP contribution in [0.15, 0.2) is 59.6 Å². The van der Waals surface area contributed by atoms with Gasteiger partial charge in [0.1, 0.15) is 5.69 Å². The van der Waals surface area contributed by atoms with Crippen LogP contribution in [0.3, 0.4) is 0 Å². The molecular formula is C16H14N2O3. The molecule has 0 bridgehead atoms. The van der Waals surface area contributed by atoms with E-state index >= 15 is 0 Å². The highest BCUT2D eigenvalue weighted by atomic mass is 16.6. The van der Waals surface area contributed by atoms with Gasteiger partial charge in [0, 0.05) is 12.3 Å². The van der Waals surface area contributed by atoms with Crippen molar-refractivity contribution < 1.29 is 9.66 Å². The first-order valence-electron chi connectivity index (χ1n) is 6.29. The van der Waals surface area contributed by atoms with Crippen LogP contribution < -0.4 is 4.74 Å². The van der Waals surface area contributed by atoms with E-state index in [0.29, 0.717) is 11.4 Å². The Morgan fingerprint density at radius 2 is 1.95 bits per heavy atom. The van der Waals surface area contributed by atoms with Crippen LogP contribution in [0.2, 0.25) is 0 Å². The van der Waals surface area contributed by atoms with Gasteiger partial charge in [0.2, 0.25) is 0 Å². The van der Waals surface area contributed by atoms with Crippen LogP contribution in [-0.2, 0) is 0 Å². The van der Waals surface area contributed by atoms with Gasteiger partial charge in [0.05, 0.1) is 18.1 Å². The van der Waals surface area contributed by atoms with Crippen molar-refractivity contribution >= 4 is 23.7 Å². The quantitative estimate of drug-likeness (QED) is 0.472. The zero-order chi connectivity index (χ0) is 15.1. The molecule has 2 aromatic rings. The minimum absolute atomic E-state index is 0.0226. The normalized spacial score (nSPS) is 11.1. The third-order valence-electron chi connectivity index (χ3n) is 2.76. The maximum atomic E-state index is 10.7. The Morgan fingerprint density at radius 1 is 1.19 bits per heavy atom. The summed E-state index contributed by atoms with van der Waals surface area (Å²) in [4.78, 5) is 14.5. The van der Waals surface area contributed by atoms with E-state index in [1.165, 1.54) is 19.2 Å². The predicted molar refractivity (Wildman–Crippen MR) is 83.3 cm³/mol. The fourth-order valence-electron chi connectivity index (χ4n) is 1.73. The standard InChI is InChI=1S/C16H14N2O3/c1-21-16-12-14(18(19)20)9-10-15(16)17-11-5-8-13-6-3-2-4-7-13/h2-12H,1H3. The molecule has 5 heteroatoms. The van der Waals surface area contributed by atoms with Crippen molar-refractivity contribution in [3.05, 3.63) is 70.3 Å². The van der Waals surface area contributed by atoms with Crippen molar-refractivity contribution in [2.45, 2.75) is 0 Å². The first kappa shape index (κ1) is 14.5. The highest BCUT2D eigenvalue weighted by Gasteiger charge is 2.09. The molecule has 0 amide bonds. The number of benzene rings is 2. The van der Waals surface area contributed by atoms with Crippen LogP contribution in [-0.4, -0.2) is 18.2 Å². The molecule has 0 aliphatic heterocycles. The topological polar surface area (TPSA) is 64.7 Å². The lowest BCUT2D eigenvalue weighted by Crippen LogP contribution is -1.90. The molecule has 0 fully saturated rings. The maximum absolute atomic E-state index is 10.7. The molecule has 2 rings (SSSR count). The zero-order valence-corrected chi connectivity index (χ0v) is 11.5. The molecular weight excluding hydrogens is 268 g/mol. The molecule has 2 aromatic carbocycles. The number of nitrogens with zero attached hydrogens (tertiary/aromatic N) is 2. The van der Waals surface area contributed by atoms with Crippen LogP contribution >= 0.6 is 0 Å². The van der Waals surface area contributed by atoms with E-state index in [4.69, 9.17) is 4.74 Å². The van der Waals surface area contributed by atoms with E-state index in [1.807, 2.05) is 36.4 Å². The summed E-state index contributed by atoms with van der Waals surface area (Å²) in [6.45, 7) is 0. The molecule has 0 radical (unpaired) electrons. The third-order valence-corrected chi connectivity index (χ3v) is 2.76. The number of hydrogen-bond donors (Lipinski definition) is 0. The zero-order valence-electron chi connectivity index (χ0n) is 11.5. The number of allylic oxidation sites excluding steroid dienone is 1. The third kappa shape index (κ3) is 4.01. The molecule has 5 nitrogen and oxygen atoms in total. The summed E-state index contributed by atoms with van der Waals surface area (Å²) in [6, 6.07) is 14.1. The molecule has 0 aliphatic rings. The smallest absolute Gasteiger partial charge is 0.273 e. The molecule has 0 saturated heterocycles. The Hall–Kier alpha value is -2.95. The number of ether oxygens (including phenoxy) is 1. The van der Waals surface area contributed by atoms with Crippen LogP contribution in [0.5, 0.6) is 5.75 Å². The van der Waals surface area contributed by atoms with E-state index in [9.17, 15) is 10.1 Å². The van der Waals surface area contributed by atoms with E-state index in [0.717, 1.165) is 5.56 Å². The van der Waals surface area contributed by atoms with Crippen molar-refractivity contribution in [3.8, 4) is 5.75 Å². The van der Waals surface area contributed by atoms with Crippen molar-refractivity contribution in [2.75, 3.05) is 7.11 Å². The van der Waals surface area contributed by atoms with Gasteiger partial charge in [-0.05, 0) is 17.7 Å². The van der Waals surface area contributed by atoms with E-state index in [1.54, 1.807) is 18.4 Å². The van der Waals surface area contributed by atoms with Gasteiger partial charge in [-0.2, -0.15) is 0 Å². The van der Waals surface area contributed by atoms with Crippen molar-refractivity contribution in [1.29, 1.82) is 0 Å². The molecule has 0 aromatic heterocycles. The molecule has 0 N–H and O–H groups in total. The Balaban J connectivity index is 2.14. The van der Waals surface area contributed by atoms with Crippen LogP contribution in [0.4, 0.5) is 11.4 Å². The van der Waals surface area contributed by atoms with Gasteiger partial charge in [-0.25, -0.2) is 0 Å². The highest BCUT2D eigenvalue weighted by Crippen LogP contribution is 2.30. The number of rotatable bonds is 5. The number of hydrogen-bond acceptors (Lipinski definition) is 4. The molecule has 0 saturated carbocycles. The molecule has 106 valence electrons. The van der Waals surface area contributed by atoms with Crippen molar-refractivity contribution in [2.24, 2.45) is 4.99 Å². The van der Waals surface area contributed by atoms with Gasteiger partial charge in [0.15, 0.2) is 5.75 Å². The highest BCUT2D eigenvalue weighted by molar-refractivity contribution is 5.81. The summed E-state index contributed by atoms with van der Waals surface area (Å²) in [5.41, 5.74) is 1.59. The second kappa shape index (κ2) is 7.00. The number of nitro benzene ring substituents is 1. The molecule has 0 spiro atoms. The number of methoxy groups -OCH3 is 1. The van der Waals surface area contributed by atoms with Crippen LogP contribution in [0, 0.1) is 10.1 Å². The molecule has 0 aliphatic carbocycles. The Kier molecular flexibility index (Phi) is 4.82. The van der Waals surface area contributed by atoms with Gasteiger partial charge < -0.3 is 4.74 Å². The Bertz CT molecular complexity index is 679. The van der Waals surface area contributed by atoms with Gasteiger partial charge >= 0.3 is 0 Å². The van der Waals surface area contributed by atoms with E-state index in [-0.39, 0.29) is 5.69 Å². The summed E-state index contributed by atoms with van der Waals surface area (Å²) >= 11 is 0. The van der Waals surface area contributed by atoms with Crippen LogP contribution in [0.1, 0.15) is 5.56 Å². The molecule has 0 unspecified atom stereocenters. The Morgan fingerprint density at radius 3 is 2.62 bits per heavy atom. The van der Waals surface area contributed by atoms with E-state index in [2.05, 4.69) is 4.99 Å². The minimum Gasteiger partial charge on any atom is -0.494 e. The number of non-ortho nitro benzene ring substituents is 1. The van der Waals surface area contributed by atoms with Gasteiger partial charge in [-0.3, -0.25) is 15.1 Å². The average Bonchev–Trinajstić information content (AvgIpc) is 2.52. The molecule has 21 heavy (non-hydrogen) atoms. The van der Waals surface area contributed by atoms with Crippen molar-refractivity contribution in [3.63, 3.8) is 0 Å². The lowest BCUT2D eigenvalue weighted by Gasteiger charge is -2.03. The average molecular weight is 282 g/mol. The number of aliphatic imine (C=N–C) groups is 1. The second-order valence-corrected chi connectivity index (χ2v) is 4.16.